The Morgan fingerprint density at radius 1 is 1.44 bits per heavy atom. The molecule has 100 valence electrons. The lowest BCUT2D eigenvalue weighted by Crippen LogP contribution is -2.37. The van der Waals surface area contributed by atoms with E-state index >= 15 is 0 Å². The third kappa shape index (κ3) is 4.73. The first kappa shape index (κ1) is 14.5. The molecule has 0 fully saturated rings. The van der Waals surface area contributed by atoms with Gasteiger partial charge in [0.05, 0.1) is 12.7 Å². The maximum atomic E-state index is 11.6. The Balaban J connectivity index is 2.44. The third-order valence-corrected chi connectivity index (χ3v) is 2.50. The monoisotopic (exact) mass is 252 g/mol. The minimum absolute atomic E-state index is 0.161. The highest BCUT2D eigenvalue weighted by Gasteiger charge is 2.08. The number of rotatable bonds is 6. The average Bonchev–Trinajstić information content (AvgIpc) is 2.37. The number of para-hydroxylation sites is 1. The third-order valence-electron chi connectivity index (χ3n) is 2.50. The van der Waals surface area contributed by atoms with Gasteiger partial charge in [-0.25, -0.2) is 4.79 Å². The largest absolute Gasteiger partial charge is 0.389 e. The highest BCUT2D eigenvalue weighted by molar-refractivity contribution is 5.90. The van der Waals surface area contributed by atoms with E-state index < -0.39 is 6.10 Å². The molecule has 1 rings (SSSR count). The lowest BCUT2D eigenvalue weighted by atomic mass is 10.1. The predicted octanol–water partition coefficient (Wildman–Crippen LogP) is 1.38. The summed E-state index contributed by atoms with van der Waals surface area (Å²) in [7, 11) is 1.50. The molecular formula is C13H20N2O3. The summed E-state index contributed by atoms with van der Waals surface area (Å²) in [5, 5.41) is 14.7. The van der Waals surface area contributed by atoms with Crippen LogP contribution in [0.2, 0.25) is 0 Å². The van der Waals surface area contributed by atoms with Gasteiger partial charge in [-0.15, -0.1) is 0 Å². The second-order valence-electron chi connectivity index (χ2n) is 3.95. The van der Waals surface area contributed by atoms with Crippen LogP contribution in [0, 0.1) is 0 Å². The van der Waals surface area contributed by atoms with Crippen molar-refractivity contribution in [3.63, 3.8) is 0 Å². The van der Waals surface area contributed by atoms with E-state index in [1.807, 2.05) is 31.2 Å². The number of aliphatic hydroxyl groups is 1. The normalized spacial score (nSPS) is 11.9. The van der Waals surface area contributed by atoms with Crippen LogP contribution in [0.5, 0.6) is 0 Å². The Bertz CT molecular complexity index is 382. The second kappa shape index (κ2) is 7.68. The van der Waals surface area contributed by atoms with E-state index in [0.717, 1.165) is 17.7 Å². The topological polar surface area (TPSA) is 70.6 Å². The Labute approximate surface area is 107 Å². The smallest absolute Gasteiger partial charge is 0.319 e. The lowest BCUT2D eigenvalue weighted by Gasteiger charge is -2.13. The number of benzene rings is 1. The van der Waals surface area contributed by atoms with Gasteiger partial charge in [0, 0.05) is 19.3 Å². The number of ether oxygens (including phenoxy) is 1. The van der Waals surface area contributed by atoms with E-state index in [4.69, 9.17) is 4.74 Å². The fourth-order valence-corrected chi connectivity index (χ4v) is 1.58. The summed E-state index contributed by atoms with van der Waals surface area (Å²) in [4.78, 5) is 11.6. The minimum Gasteiger partial charge on any atom is -0.389 e. The molecule has 3 N–H and O–H groups in total. The number of nitrogens with one attached hydrogen (secondary N) is 2. The van der Waals surface area contributed by atoms with E-state index in [1.165, 1.54) is 7.11 Å². The molecule has 0 aliphatic rings. The number of hydrogen-bond acceptors (Lipinski definition) is 3. The quantitative estimate of drug-likeness (QED) is 0.716. The maximum absolute atomic E-state index is 11.6. The van der Waals surface area contributed by atoms with Crippen LogP contribution in [0.3, 0.4) is 0 Å². The van der Waals surface area contributed by atoms with Gasteiger partial charge in [0.25, 0.3) is 0 Å². The van der Waals surface area contributed by atoms with Gasteiger partial charge in [0.1, 0.15) is 0 Å². The summed E-state index contributed by atoms with van der Waals surface area (Å²) in [5.41, 5.74) is 1.86. The molecule has 1 aromatic rings. The number of carbonyl (C=O) groups is 1. The van der Waals surface area contributed by atoms with Crippen molar-refractivity contribution in [2.45, 2.75) is 19.4 Å². The first-order chi connectivity index (χ1) is 8.67. The fourth-order valence-electron chi connectivity index (χ4n) is 1.58. The molecule has 18 heavy (non-hydrogen) atoms. The van der Waals surface area contributed by atoms with Crippen molar-refractivity contribution in [3.8, 4) is 0 Å². The van der Waals surface area contributed by atoms with Gasteiger partial charge in [0.2, 0.25) is 0 Å². The van der Waals surface area contributed by atoms with Crippen LogP contribution >= 0.6 is 0 Å². The molecular weight excluding hydrogens is 232 g/mol. The number of aliphatic hydroxyl groups excluding tert-OH is 1. The zero-order valence-electron chi connectivity index (χ0n) is 10.8. The van der Waals surface area contributed by atoms with Crippen molar-refractivity contribution in [2.24, 2.45) is 0 Å². The highest BCUT2D eigenvalue weighted by atomic mass is 16.5. The fraction of sp³-hybridized carbons (Fsp3) is 0.462. The van der Waals surface area contributed by atoms with Crippen LogP contribution < -0.4 is 10.6 Å². The number of urea groups is 1. The molecule has 1 aromatic carbocycles. The maximum Gasteiger partial charge on any atom is 0.319 e. The Morgan fingerprint density at radius 3 is 2.83 bits per heavy atom. The molecule has 0 bridgehead atoms. The summed E-state index contributed by atoms with van der Waals surface area (Å²) >= 11 is 0. The first-order valence-corrected chi connectivity index (χ1v) is 5.97. The number of hydrogen-bond donors (Lipinski definition) is 3. The van der Waals surface area contributed by atoms with Gasteiger partial charge in [0.15, 0.2) is 0 Å². The number of aryl methyl sites for hydroxylation is 1. The number of amides is 2. The molecule has 0 heterocycles. The van der Waals surface area contributed by atoms with Crippen LogP contribution in [-0.4, -0.2) is 37.5 Å². The number of anilines is 1. The summed E-state index contributed by atoms with van der Waals surface area (Å²) < 4.78 is 4.77. The van der Waals surface area contributed by atoms with Gasteiger partial charge in [-0.3, -0.25) is 0 Å². The molecule has 0 saturated carbocycles. The summed E-state index contributed by atoms with van der Waals surface area (Å²) in [6, 6.07) is 7.30. The van der Waals surface area contributed by atoms with Crippen LogP contribution in [0.1, 0.15) is 12.5 Å². The molecule has 1 unspecified atom stereocenters. The van der Waals surface area contributed by atoms with Crippen LogP contribution in [0.15, 0.2) is 24.3 Å². The van der Waals surface area contributed by atoms with Crippen molar-refractivity contribution in [2.75, 3.05) is 25.6 Å². The number of methoxy groups -OCH3 is 1. The summed E-state index contributed by atoms with van der Waals surface area (Å²) in [6.45, 7) is 2.39. The van der Waals surface area contributed by atoms with E-state index in [2.05, 4.69) is 10.6 Å². The van der Waals surface area contributed by atoms with Gasteiger partial charge in [-0.1, -0.05) is 25.1 Å². The molecule has 0 aromatic heterocycles. The Kier molecular flexibility index (Phi) is 6.18. The molecule has 5 nitrogen and oxygen atoms in total. The first-order valence-electron chi connectivity index (χ1n) is 5.97. The molecule has 0 aliphatic carbocycles. The van der Waals surface area contributed by atoms with Crippen molar-refractivity contribution >= 4 is 11.7 Å². The molecule has 0 aliphatic heterocycles. The Morgan fingerprint density at radius 2 is 2.17 bits per heavy atom. The zero-order valence-corrected chi connectivity index (χ0v) is 10.8. The Hall–Kier alpha value is -1.59. The molecule has 1 atom stereocenters. The average molecular weight is 252 g/mol. The SMILES string of the molecule is CCc1ccccc1NC(=O)NCC(O)COC. The van der Waals surface area contributed by atoms with E-state index in [1.54, 1.807) is 0 Å². The molecule has 2 amide bonds. The van der Waals surface area contributed by atoms with E-state index in [9.17, 15) is 9.90 Å². The standard InChI is InChI=1S/C13H20N2O3/c1-3-10-6-4-5-7-12(10)15-13(17)14-8-11(16)9-18-2/h4-7,11,16H,3,8-9H2,1-2H3,(H2,14,15,17). The van der Waals surface area contributed by atoms with Gasteiger partial charge < -0.3 is 20.5 Å². The predicted molar refractivity (Wildman–Crippen MR) is 70.7 cm³/mol. The summed E-state index contributed by atoms with van der Waals surface area (Å²) in [5.74, 6) is 0. The molecule has 5 heteroatoms. The van der Waals surface area contributed by atoms with Crippen molar-refractivity contribution in [3.05, 3.63) is 29.8 Å². The van der Waals surface area contributed by atoms with Crippen molar-refractivity contribution in [1.29, 1.82) is 0 Å². The van der Waals surface area contributed by atoms with E-state index in [0.29, 0.717) is 0 Å². The lowest BCUT2D eigenvalue weighted by molar-refractivity contribution is 0.0663. The van der Waals surface area contributed by atoms with Gasteiger partial charge in [-0.2, -0.15) is 0 Å². The highest BCUT2D eigenvalue weighted by Crippen LogP contribution is 2.14. The van der Waals surface area contributed by atoms with Gasteiger partial charge in [-0.05, 0) is 18.1 Å². The van der Waals surface area contributed by atoms with Crippen molar-refractivity contribution < 1.29 is 14.6 Å². The second-order valence-corrected chi connectivity index (χ2v) is 3.95. The zero-order chi connectivity index (χ0) is 13.4. The number of carbonyl (C=O) groups excluding carboxylic acids is 1. The van der Waals surface area contributed by atoms with Crippen LogP contribution in [-0.2, 0) is 11.2 Å². The summed E-state index contributed by atoms with van der Waals surface area (Å²) in [6.07, 6.45) is 0.158. The minimum atomic E-state index is -0.692. The van der Waals surface area contributed by atoms with Gasteiger partial charge >= 0.3 is 6.03 Å². The molecule has 0 saturated heterocycles. The molecule has 0 radical (unpaired) electrons. The van der Waals surface area contributed by atoms with E-state index in [-0.39, 0.29) is 19.2 Å². The molecule has 0 spiro atoms. The van der Waals surface area contributed by atoms with Crippen LogP contribution in [0.25, 0.3) is 0 Å². The van der Waals surface area contributed by atoms with Crippen LogP contribution in [0.4, 0.5) is 10.5 Å². The van der Waals surface area contributed by atoms with Crippen molar-refractivity contribution in [1.82, 2.24) is 5.32 Å².